The minimum Gasteiger partial charge on any atom is -0.248 e. The molecule has 2 unspecified atom stereocenters. The molecule has 2 atom stereocenters. The van der Waals surface area contributed by atoms with Gasteiger partial charge in [0.05, 0.1) is 6.17 Å². The maximum Gasteiger partial charge on any atom is 0.0984 e. The first-order chi connectivity index (χ1) is 3.66. The third-order valence-corrected chi connectivity index (χ3v) is 1.73. The predicted octanol–water partition coefficient (Wildman–Crippen LogP) is 2.72. The first-order valence-electron chi connectivity index (χ1n) is 2.74. The van der Waals surface area contributed by atoms with Crippen molar-refractivity contribution >= 4 is 15.9 Å². The molecule has 0 amide bonds. The van der Waals surface area contributed by atoms with Crippen molar-refractivity contribution in [2.24, 2.45) is 0 Å². The second-order valence-corrected chi connectivity index (χ2v) is 3.20. The molecule has 0 spiro atoms. The van der Waals surface area contributed by atoms with E-state index < -0.39 is 6.17 Å². The van der Waals surface area contributed by atoms with E-state index in [0.29, 0.717) is 6.42 Å². The van der Waals surface area contributed by atoms with Gasteiger partial charge in [-0.3, -0.25) is 0 Å². The fraction of sp³-hybridized carbons (Fsp3) is 0.833. The van der Waals surface area contributed by atoms with Crippen LogP contribution in [-0.4, -0.2) is 11.0 Å². The van der Waals surface area contributed by atoms with Gasteiger partial charge in [-0.25, -0.2) is 4.39 Å². The molecule has 0 fully saturated rings. The van der Waals surface area contributed by atoms with E-state index in [0.717, 1.165) is 6.42 Å². The fourth-order valence-corrected chi connectivity index (χ4v) is 0.985. The molecule has 0 aromatic carbocycles. The summed E-state index contributed by atoms with van der Waals surface area (Å²) in [7, 11) is 0. The Morgan fingerprint density at radius 3 is 2.38 bits per heavy atom. The monoisotopic (exact) mass is 181 g/mol. The SMILES string of the molecule is [CH2]CC(Br)CC(C)F. The molecule has 49 valence electrons. The Labute approximate surface area is 58.6 Å². The Hall–Kier alpha value is 0.410. The highest BCUT2D eigenvalue weighted by Crippen LogP contribution is 2.12. The Balaban J connectivity index is 3.10. The van der Waals surface area contributed by atoms with Crippen molar-refractivity contribution in [3.8, 4) is 0 Å². The Morgan fingerprint density at radius 1 is 1.75 bits per heavy atom. The van der Waals surface area contributed by atoms with Crippen molar-refractivity contribution in [1.82, 2.24) is 0 Å². The third kappa shape index (κ3) is 4.57. The molecule has 0 aromatic rings. The standard InChI is InChI=1S/C6H11BrF/c1-3-6(7)4-5(2)8/h5-6H,1,3-4H2,2H3. The summed E-state index contributed by atoms with van der Waals surface area (Å²) in [4.78, 5) is 0.252. The van der Waals surface area contributed by atoms with Crippen LogP contribution in [0.3, 0.4) is 0 Å². The van der Waals surface area contributed by atoms with E-state index >= 15 is 0 Å². The van der Waals surface area contributed by atoms with Gasteiger partial charge in [0.25, 0.3) is 0 Å². The Bertz CT molecular complexity index is 54.5. The van der Waals surface area contributed by atoms with Crippen LogP contribution in [0, 0.1) is 6.92 Å². The van der Waals surface area contributed by atoms with Gasteiger partial charge in [-0.2, -0.15) is 0 Å². The lowest BCUT2D eigenvalue weighted by Gasteiger charge is -2.05. The smallest absolute Gasteiger partial charge is 0.0984 e. The summed E-state index contributed by atoms with van der Waals surface area (Å²) in [5.41, 5.74) is 0. The molecule has 0 aliphatic heterocycles. The lowest BCUT2D eigenvalue weighted by molar-refractivity contribution is 0.340. The van der Waals surface area contributed by atoms with Crippen LogP contribution in [0.4, 0.5) is 4.39 Å². The van der Waals surface area contributed by atoms with Gasteiger partial charge in [-0.05, 0) is 19.8 Å². The molecule has 0 bridgehead atoms. The van der Waals surface area contributed by atoms with Crippen molar-refractivity contribution in [3.63, 3.8) is 0 Å². The van der Waals surface area contributed by atoms with E-state index in [9.17, 15) is 4.39 Å². The molecule has 0 heterocycles. The summed E-state index contributed by atoms with van der Waals surface area (Å²) >= 11 is 3.27. The van der Waals surface area contributed by atoms with Crippen LogP contribution in [0.25, 0.3) is 0 Å². The van der Waals surface area contributed by atoms with Crippen LogP contribution >= 0.6 is 15.9 Å². The number of alkyl halides is 2. The normalized spacial score (nSPS) is 18.0. The molecule has 2 heteroatoms. The average Bonchev–Trinajstić information content (AvgIpc) is 1.65. The summed E-state index contributed by atoms with van der Waals surface area (Å²) in [6, 6.07) is 0. The Kier molecular flexibility index (Phi) is 4.53. The van der Waals surface area contributed by atoms with E-state index in [1.807, 2.05) is 0 Å². The first kappa shape index (κ1) is 8.41. The van der Waals surface area contributed by atoms with Gasteiger partial charge in [-0.15, -0.1) is 0 Å². The minimum absolute atomic E-state index is 0.252. The molecule has 1 radical (unpaired) electrons. The number of halogens is 2. The number of hydrogen-bond acceptors (Lipinski definition) is 0. The summed E-state index contributed by atoms with van der Waals surface area (Å²) in [6.07, 6.45) is 0.624. The third-order valence-electron chi connectivity index (χ3n) is 0.894. The molecule has 0 saturated carbocycles. The summed E-state index contributed by atoms with van der Waals surface area (Å²) < 4.78 is 12.1. The van der Waals surface area contributed by atoms with Crippen LogP contribution in [0.5, 0.6) is 0 Å². The van der Waals surface area contributed by atoms with Gasteiger partial charge in [0, 0.05) is 4.83 Å². The number of rotatable bonds is 3. The van der Waals surface area contributed by atoms with Crippen LogP contribution in [0.1, 0.15) is 19.8 Å². The second kappa shape index (κ2) is 4.30. The molecular weight excluding hydrogens is 171 g/mol. The molecular formula is C6H11BrF. The summed E-state index contributed by atoms with van der Waals surface area (Å²) in [6.45, 7) is 5.18. The maximum atomic E-state index is 12.1. The summed E-state index contributed by atoms with van der Waals surface area (Å²) in [5.74, 6) is 0. The van der Waals surface area contributed by atoms with Gasteiger partial charge >= 0.3 is 0 Å². The van der Waals surface area contributed by atoms with Crippen molar-refractivity contribution in [3.05, 3.63) is 6.92 Å². The minimum atomic E-state index is -0.707. The lowest BCUT2D eigenvalue weighted by Crippen LogP contribution is -2.03. The average molecular weight is 182 g/mol. The van der Waals surface area contributed by atoms with E-state index in [1.165, 1.54) is 0 Å². The molecule has 0 aromatic heterocycles. The first-order valence-corrected chi connectivity index (χ1v) is 3.65. The quantitative estimate of drug-likeness (QED) is 0.588. The summed E-state index contributed by atoms with van der Waals surface area (Å²) in [5, 5.41) is 0. The zero-order chi connectivity index (χ0) is 6.57. The predicted molar refractivity (Wildman–Crippen MR) is 37.9 cm³/mol. The topological polar surface area (TPSA) is 0 Å². The highest BCUT2D eigenvalue weighted by atomic mass is 79.9. The molecule has 0 aliphatic carbocycles. The van der Waals surface area contributed by atoms with Gasteiger partial charge in [0.2, 0.25) is 0 Å². The van der Waals surface area contributed by atoms with Crippen molar-refractivity contribution < 1.29 is 4.39 Å². The van der Waals surface area contributed by atoms with E-state index in [1.54, 1.807) is 6.92 Å². The maximum absolute atomic E-state index is 12.1. The molecule has 8 heavy (non-hydrogen) atoms. The van der Waals surface area contributed by atoms with Gasteiger partial charge in [0.1, 0.15) is 0 Å². The van der Waals surface area contributed by atoms with E-state index in [4.69, 9.17) is 0 Å². The van der Waals surface area contributed by atoms with Crippen LogP contribution < -0.4 is 0 Å². The van der Waals surface area contributed by atoms with Gasteiger partial charge < -0.3 is 0 Å². The molecule has 0 rings (SSSR count). The molecule has 0 saturated heterocycles. The van der Waals surface area contributed by atoms with E-state index in [2.05, 4.69) is 22.9 Å². The Morgan fingerprint density at radius 2 is 2.25 bits per heavy atom. The highest BCUT2D eigenvalue weighted by Gasteiger charge is 2.05. The van der Waals surface area contributed by atoms with E-state index in [-0.39, 0.29) is 4.83 Å². The van der Waals surface area contributed by atoms with Crippen LogP contribution in [-0.2, 0) is 0 Å². The van der Waals surface area contributed by atoms with Crippen LogP contribution in [0.15, 0.2) is 0 Å². The van der Waals surface area contributed by atoms with Crippen molar-refractivity contribution in [2.75, 3.05) is 0 Å². The van der Waals surface area contributed by atoms with Crippen molar-refractivity contribution in [1.29, 1.82) is 0 Å². The largest absolute Gasteiger partial charge is 0.248 e. The fourth-order valence-electron chi connectivity index (χ4n) is 0.470. The number of hydrogen-bond donors (Lipinski definition) is 0. The lowest BCUT2D eigenvalue weighted by atomic mass is 10.2. The highest BCUT2D eigenvalue weighted by molar-refractivity contribution is 9.09. The molecule has 0 aliphatic rings. The zero-order valence-corrected chi connectivity index (χ0v) is 6.62. The molecule has 0 nitrogen and oxygen atoms in total. The van der Waals surface area contributed by atoms with Crippen molar-refractivity contribution in [2.45, 2.75) is 30.8 Å². The van der Waals surface area contributed by atoms with Gasteiger partial charge in [0.15, 0.2) is 0 Å². The van der Waals surface area contributed by atoms with Crippen LogP contribution in [0.2, 0.25) is 0 Å². The van der Waals surface area contributed by atoms with Gasteiger partial charge in [-0.1, -0.05) is 22.9 Å². The second-order valence-electron chi connectivity index (χ2n) is 1.90. The molecule has 0 N–H and O–H groups in total. The zero-order valence-electron chi connectivity index (χ0n) is 5.03.